The molecule has 0 bridgehead atoms. The number of benzene rings is 1. The summed E-state index contributed by atoms with van der Waals surface area (Å²) in [5.41, 5.74) is -2.57. The molecule has 0 fully saturated rings. The first-order valence-corrected chi connectivity index (χ1v) is 10.0. The van der Waals surface area contributed by atoms with Crippen molar-refractivity contribution in [2.24, 2.45) is 0 Å². The number of halogens is 6. The van der Waals surface area contributed by atoms with Crippen LogP contribution in [0, 0.1) is 11.3 Å². The van der Waals surface area contributed by atoms with Gasteiger partial charge in [-0.3, -0.25) is 4.79 Å². The molecule has 0 atom stereocenters. The molecule has 0 spiro atoms. The number of thioether (sulfide) groups is 1. The second-order valence-electron chi connectivity index (χ2n) is 6.48. The molecule has 12 heteroatoms. The molecule has 3 rings (SSSR count). The molecule has 1 N–H and O–H groups in total. The summed E-state index contributed by atoms with van der Waals surface area (Å²) < 4.78 is 78.4. The lowest BCUT2D eigenvalue weighted by Crippen LogP contribution is -2.16. The molecule has 0 aliphatic rings. The van der Waals surface area contributed by atoms with Crippen molar-refractivity contribution in [2.75, 3.05) is 11.1 Å². The Kier molecular flexibility index (Phi) is 6.92. The Labute approximate surface area is 187 Å². The van der Waals surface area contributed by atoms with E-state index in [1.807, 2.05) is 0 Å². The molecule has 2 aromatic heterocycles. The molecule has 0 aliphatic carbocycles. The van der Waals surface area contributed by atoms with Crippen LogP contribution in [0.3, 0.4) is 0 Å². The van der Waals surface area contributed by atoms with E-state index in [4.69, 9.17) is 0 Å². The standard InChI is InChI=1S/C21H12F6N4OS/c22-20(23,24)13-6-7-17(29-10-13)31-18(32)11-33-19-14(9-28)15(21(25,26)27)8-16(30-19)12-4-2-1-3-5-12/h1-8,10H,11H2,(H,29,31,32). The molecule has 0 saturated carbocycles. The van der Waals surface area contributed by atoms with Gasteiger partial charge in [-0.15, -0.1) is 0 Å². The van der Waals surface area contributed by atoms with Crippen LogP contribution in [0.25, 0.3) is 11.3 Å². The first kappa shape index (κ1) is 24.1. The summed E-state index contributed by atoms with van der Waals surface area (Å²) in [7, 11) is 0. The number of hydrogen-bond acceptors (Lipinski definition) is 5. The maximum absolute atomic E-state index is 13.6. The quantitative estimate of drug-likeness (QED) is 0.368. The average Bonchev–Trinajstić information content (AvgIpc) is 2.76. The lowest BCUT2D eigenvalue weighted by molar-refractivity contribution is -0.138. The number of anilines is 1. The number of nitrogens with one attached hydrogen (secondary N) is 1. The molecule has 0 radical (unpaired) electrons. The highest BCUT2D eigenvalue weighted by Gasteiger charge is 2.36. The van der Waals surface area contributed by atoms with E-state index in [1.54, 1.807) is 30.3 Å². The Morgan fingerprint density at radius 3 is 2.27 bits per heavy atom. The van der Waals surface area contributed by atoms with Crippen LogP contribution >= 0.6 is 11.8 Å². The molecular weight excluding hydrogens is 470 g/mol. The highest BCUT2D eigenvalue weighted by Crippen LogP contribution is 2.38. The highest BCUT2D eigenvalue weighted by atomic mass is 32.2. The third kappa shape index (κ3) is 6.01. The van der Waals surface area contributed by atoms with Crippen LogP contribution in [0.1, 0.15) is 16.7 Å². The van der Waals surface area contributed by atoms with Gasteiger partial charge in [0.2, 0.25) is 5.91 Å². The SMILES string of the molecule is N#Cc1c(C(F)(F)F)cc(-c2ccccc2)nc1SCC(=O)Nc1ccc(C(F)(F)F)cn1. The number of hydrogen-bond donors (Lipinski definition) is 1. The molecule has 170 valence electrons. The van der Waals surface area contributed by atoms with Gasteiger partial charge in [0.25, 0.3) is 0 Å². The van der Waals surface area contributed by atoms with Crippen molar-refractivity contribution in [3.8, 4) is 17.3 Å². The summed E-state index contributed by atoms with van der Waals surface area (Å²) in [5.74, 6) is -1.38. The van der Waals surface area contributed by atoms with Gasteiger partial charge in [0.05, 0.1) is 28.1 Å². The Hall–Kier alpha value is -3.59. The van der Waals surface area contributed by atoms with Gasteiger partial charge < -0.3 is 5.32 Å². The van der Waals surface area contributed by atoms with Gasteiger partial charge >= 0.3 is 12.4 Å². The van der Waals surface area contributed by atoms with Gasteiger partial charge in [0.1, 0.15) is 16.9 Å². The van der Waals surface area contributed by atoms with E-state index in [-0.39, 0.29) is 16.5 Å². The van der Waals surface area contributed by atoms with Crippen LogP contribution in [0.5, 0.6) is 0 Å². The summed E-state index contributed by atoms with van der Waals surface area (Å²) in [6, 6.07) is 11.9. The zero-order valence-electron chi connectivity index (χ0n) is 16.3. The number of aromatic nitrogens is 2. The number of alkyl halides is 6. The van der Waals surface area contributed by atoms with Crippen molar-refractivity contribution in [3.05, 3.63) is 71.4 Å². The second-order valence-corrected chi connectivity index (χ2v) is 7.44. The molecule has 0 aliphatic heterocycles. The second kappa shape index (κ2) is 9.50. The fraction of sp³-hybridized carbons (Fsp3) is 0.143. The topological polar surface area (TPSA) is 78.7 Å². The van der Waals surface area contributed by atoms with E-state index in [2.05, 4.69) is 15.3 Å². The van der Waals surface area contributed by atoms with Gasteiger partial charge in [0, 0.05) is 11.8 Å². The number of amides is 1. The third-order valence-electron chi connectivity index (χ3n) is 4.17. The highest BCUT2D eigenvalue weighted by molar-refractivity contribution is 8.00. The van der Waals surface area contributed by atoms with Gasteiger partial charge in [0.15, 0.2) is 0 Å². The molecule has 3 aromatic rings. The Bertz CT molecular complexity index is 1190. The monoisotopic (exact) mass is 482 g/mol. The van der Waals surface area contributed by atoms with Crippen molar-refractivity contribution in [1.82, 2.24) is 9.97 Å². The van der Waals surface area contributed by atoms with Crippen LogP contribution in [0.2, 0.25) is 0 Å². The van der Waals surface area contributed by atoms with E-state index in [1.165, 1.54) is 6.07 Å². The Morgan fingerprint density at radius 1 is 1.03 bits per heavy atom. The predicted octanol–water partition coefficient (Wildman–Crippen LogP) is 5.78. The van der Waals surface area contributed by atoms with Crippen molar-refractivity contribution >= 4 is 23.5 Å². The molecule has 33 heavy (non-hydrogen) atoms. The number of rotatable bonds is 5. The molecule has 1 amide bonds. The predicted molar refractivity (Wildman–Crippen MR) is 108 cm³/mol. The maximum Gasteiger partial charge on any atom is 0.417 e. The zero-order valence-corrected chi connectivity index (χ0v) is 17.1. The van der Waals surface area contributed by atoms with E-state index in [0.717, 1.165) is 18.2 Å². The summed E-state index contributed by atoms with van der Waals surface area (Å²) >= 11 is 0.592. The van der Waals surface area contributed by atoms with E-state index in [0.29, 0.717) is 23.5 Å². The van der Waals surface area contributed by atoms with Crippen LogP contribution in [0.15, 0.2) is 59.8 Å². The summed E-state index contributed by atoms with van der Waals surface area (Å²) in [6.07, 6.45) is -8.89. The first-order chi connectivity index (χ1) is 15.5. The molecule has 2 heterocycles. The Balaban J connectivity index is 1.83. The maximum atomic E-state index is 13.6. The number of nitriles is 1. The normalized spacial score (nSPS) is 11.7. The first-order valence-electron chi connectivity index (χ1n) is 9.02. The number of carbonyl (C=O) groups is 1. The largest absolute Gasteiger partial charge is 0.417 e. The van der Waals surface area contributed by atoms with E-state index < -0.39 is 40.7 Å². The number of pyridine rings is 2. The fourth-order valence-electron chi connectivity index (χ4n) is 2.66. The van der Waals surface area contributed by atoms with Gasteiger partial charge in [-0.25, -0.2) is 9.97 Å². The molecular formula is C21H12F6N4OS. The van der Waals surface area contributed by atoms with Gasteiger partial charge in [-0.1, -0.05) is 42.1 Å². The lowest BCUT2D eigenvalue weighted by atomic mass is 10.1. The van der Waals surface area contributed by atoms with E-state index >= 15 is 0 Å². The van der Waals surface area contributed by atoms with Crippen molar-refractivity contribution in [2.45, 2.75) is 17.4 Å². The molecule has 1 aromatic carbocycles. The minimum Gasteiger partial charge on any atom is -0.310 e. The summed E-state index contributed by atoms with van der Waals surface area (Å²) in [6.45, 7) is 0. The van der Waals surface area contributed by atoms with Gasteiger partial charge in [-0.05, 0) is 18.2 Å². The smallest absolute Gasteiger partial charge is 0.310 e. The third-order valence-corrected chi connectivity index (χ3v) is 5.15. The van der Waals surface area contributed by atoms with Crippen LogP contribution in [-0.4, -0.2) is 21.6 Å². The molecule has 5 nitrogen and oxygen atoms in total. The van der Waals surface area contributed by atoms with Crippen molar-refractivity contribution < 1.29 is 31.1 Å². The Morgan fingerprint density at radius 2 is 1.73 bits per heavy atom. The number of carbonyl (C=O) groups excluding carboxylic acids is 1. The van der Waals surface area contributed by atoms with Crippen LogP contribution < -0.4 is 5.32 Å². The molecule has 0 saturated heterocycles. The average molecular weight is 482 g/mol. The van der Waals surface area contributed by atoms with Crippen LogP contribution in [-0.2, 0) is 17.1 Å². The summed E-state index contributed by atoms with van der Waals surface area (Å²) in [4.78, 5) is 19.8. The van der Waals surface area contributed by atoms with E-state index in [9.17, 15) is 36.4 Å². The summed E-state index contributed by atoms with van der Waals surface area (Å²) in [5, 5.41) is 11.3. The van der Waals surface area contributed by atoms with Crippen LogP contribution in [0.4, 0.5) is 32.2 Å². The zero-order chi connectivity index (χ0) is 24.2. The minimum absolute atomic E-state index is 0.0331. The fourth-order valence-corrected chi connectivity index (χ4v) is 3.47. The lowest BCUT2D eigenvalue weighted by Gasteiger charge is -2.14. The number of nitrogens with zero attached hydrogens (tertiary/aromatic N) is 3. The van der Waals surface area contributed by atoms with Crippen molar-refractivity contribution in [1.29, 1.82) is 5.26 Å². The van der Waals surface area contributed by atoms with Crippen molar-refractivity contribution in [3.63, 3.8) is 0 Å². The molecule has 0 unspecified atom stereocenters. The van der Waals surface area contributed by atoms with Gasteiger partial charge in [-0.2, -0.15) is 31.6 Å². The minimum atomic E-state index is -4.83.